The highest BCUT2D eigenvalue weighted by Crippen LogP contribution is 2.47. The van der Waals surface area contributed by atoms with Gasteiger partial charge in [0, 0.05) is 67.4 Å². The summed E-state index contributed by atoms with van der Waals surface area (Å²) in [6, 6.07) is 3.81. The van der Waals surface area contributed by atoms with Crippen molar-refractivity contribution in [2.24, 2.45) is 0 Å². The van der Waals surface area contributed by atoms with E-state index in [1.54, 1.807) is 15.9 Å². The third-order valence-electron chi connectivity index (χ3n) is 8.74. The average Bonchev–Trinajstić information content (AvgIpc) is 2.98. The number of ether oxygens (including phenoxy) is 1. The largest absolute Gasteiger partial charge is 0.488 e. The predicted octanol–water partition coefficient (Wildman–Crippen LogP) is 3.31. The molecule has 1 aromatic heterocycles. The van der Waals surface area contributed by atoms with Crippen molar-refractivity contribution in [1.29, 1.82) is 0 Å². The van der Waals surface area contributed by atoms with E-state index in [2.05, 4.69) is 11.6 Å². The molecule has 3 aromatic rings. The first kappa shape index (κ1) is 30.0. The van der Waals surface area contributed by atoms with Gasteiger partial charge in [0.15, 0.2) is 5.75 Å². The van der Waals surface area contributed by atoms with Crippen molar-refractivity contribution in [3.8, 4) is 16.9 Å². The van der Waals surface area contributed by atoms with Crippen LogP contribution in [0.4, 0.5) is 14.6 Å². The molecule has 2 aromatic carbocycles. The molecule has 232 valence electrons. The molecule has 3 atom stereocenters. The number of hydrogen-bond acceptors (Lipinski definition) is 7. The van der Waals surface area contributed by atoms with Gasteiger partial charge in [0.05, 0.1) is 23.1 Å². The van der Waals surface area contributed by atoms with Crippen LogP contribution in [0.15, 0.2) is 41.7 Å². The molecule has 0 bridgehead atoms. The molecule has 3 aliphatic rings. The summed E-state index contributed by atoms with van der Waals surface area (Å²) in [5, 5.41) is 0.646. The lowest BCUT2D eigenvalue weighted by atomic mass is 9.99. The van der Waals surface area contributed by atoms with Crippen LogP contribution in [-0.4, -0.2) is 101 Å². The molecular weight excluding hydrogens is 594 g/mol. The number of anilines is 1. The van der Waals surface area contributed by atoms with E-state index in [-0.39, 0.29) is 65.5 Å². The number of halogens is 3. The van der Waals surface area contributed by atoms with Crippen LogP contribution in [0, 0.1) is 11.6 Å². The smallest absolute Gasteiger partial charge is 0.350 e. The average molecular weight is 627 g/mol. The zero-order valence-electron chi connectivity index (χ0n) is 24.7. The summed E-state index contributed by atoms with van der Waals surface area (Å²) in [5.41, 5.74) is 0.0298. The number of piperazine rings is 2. The molecule has 2 saturated heterocycles. The molecule has 3 aliphatic heterocycles. The maximum atomic E-state index is 15.2. The van der Waals surface area contributed by atoms with Gasteiger partial charge in [-0.05, 0) is 45.2 Å². The molecule has 0 saturated carbocycles. The molecule has 0 N–H and O–H groups in total. The van der Waals surface area contributed by atoms with Gasteiger partial charge in [-0.3, -0.25) is 19.1 Å². The van der Waals surface area contributed by atoms with Gasteiger partial charge in [-0.25, -0.2) is 13.6 Å². The topological polar surface area (TPSA) is 91.2 Å². The molecule has 13 heteroatoms. The van der Waals surface area contributed by atoms with E-state index in [0.717, 1.165) is 12.1 Å². The molecular formula is C31H33ClF2N6O4. The summed E-state index contributed by atoms with van der Waals surface area (Å²) in [4.78, 5) is 51.2. The lowest BCUT2D eigenvalue weighted by molar-refractivity contribution is -0.136. The SMILES string of the molecule is C=CC(=O)N1C[C@H](C)N(c2nc(=O)n3c4c(c(-c5ccc(F)cc5F)c(Cl)cc24)OC[C@@H]3CN2CCN(C)CC2=O)C[C@H]1C. The molecule has 44 heavy (non-hydrogen) atoms. The van der Waals surface area contributed by atoms with Crippen molar-refractivity contribution in [2.45, 2.75) is 32.0 Å². The van der Waals surface area contributed by atoms with E-state index in [9.17, 15) is 18.8 Å². The standard InChI is InChI=1S/C31H33ClF2N6O4/c1-5-25(41)38-12-18(3)39(13-17(38)2)30-22-11-23(32)27(21-7-6-19(33)10-24(21)34)29-28(22)40(31(43)35-30)20(16-44-29)14-37-9-8-36(4)15-26(37)42/h5-7,10-11,17-18,20H,1,8-9,12-16H2,2-4H3/t17-,18+,20+/m1/s1. The highest BCUT2D eigenvalue weighted by molar-refractivity contribution is 6.35. The number of rotatable bonds is 5. The second-order valence-corrected chi connectivity index (χ2v) is 12.2. The Balaban J connectivity index is 1.54. The van der Waals surface area contributed by atoms with Crippen molar-refractivity contribution in [3.05, 3.63) is 64.1 Å². The van der Waals surface area contributed by atoms with Gasteiger partial charge in [-0.15, -0.1) is 0 Å². The summed E-state index contributed by atoms with van der Waals surface area (Å²) in [5.74, 6) is -1.27. The molecule has 0 unspecified atom stereocenters. The number of carbonyl (C=O) groups excluding carboxylic acids is 2. The van der Waals surface area contributed by atoms with Gasteiger partial charge in [-0.1, -0.05) is 18.2 Å². The monoisotopic (exact) mass is 626 g/mol. The normalized spacial score (nSPS) is 22.4. The summed E-state index contributed by atoms with van der Waals surface area (Å²) in [7, 11) is 1.88. The number of carbonyl (C=O) groups is 2. The third-order valence-corrected chi connectivity index (χ3v) is 9.04. The first-order chi connectivity index (χ1) is 21.0. The van der Waals surface area contributed by atoms with Crippen LogP contribution in [0.1, 0.15) is 19.9 Å². The maximum Gasteiger partial charge on any atom is 0.350 e. The van der Waals surface area contributed by atoms with Crippen LogP contribution in [0.2, 0.25) is 5.02 Å². The Bertz CT molecular complexity index is 1750. The molecule has 2 amide bonds. The van der Waals surface area contributed by atoms with E-state index in [1.165, 1.54) is 16.7 Å². The second kappa shape index (κ2) is 11.5. The minimum atomic E-state index is -0.829. The van der Waals surface area contributed by atoms with Crippen molar-refractivity contribution in [3.63, 3.8) is 0 Å². The number of benzene rings is 2. The van der Waals surface area contributed by atoms with Crippen molar-refractivity contribution >= 4 is 40.1 Å². The van der Waals surface area contributed by atoms with Gasteiger partial charge in [-0.2, -0.15) is 4.98 Å². The quantitative estimate of drug-likeness (QED) is 0.402. The fourth-order valence-corrected chi connectivity index (χ4v) is 6.77. The summed E-state index contributed by atoms with van der Waals surface area (Å²) < 4.78 is 36.8. The van der Waals surface area contributed by atoms with Crippen molar-refractivity contribution in [1.82, 2.24) is 24.3 Å². The zero-order chi connectivity index (χ0) is 31.4. The van der Waals surface area contributed by atoms with Crippen molar-refractivity contribution < 1.29 is 23.1 Å². The minimum Gasteiger partial charge on any atom is -0.488 e. The molecule has 6 rings (SSSR count). The Morgan fingerprint density at radius 1 is 1.16 bits per heavy atom. The molecule has 0 radical (unpaired) electrons. The van der Waals surface area contributed by atoms with Crippen LogP contribution in [0.3, 0.4) is 0 Å². The maximum absolute atomic E-state index is 15.2. The van der Waals surface area contributed by atoms with E-state index < -0.39 is 23.4 Å². The van der Waals surface area contributed by atoms with Crippen LogP contribution < -0.4 is 15.3 Å². The highest BCUT2D eigenvalue weighted by Gasteiger charge is 2.37. The van der Waals surface area contributed by atoms with Gasteiger partial charge in [0.2, 0.25) is 11.8 Å². The lowest BCUT2D eigenvalue weighted by Crippen LogP contribution is -2.58. The van der Waals surface area contributed by atoms with Crippen LogP contribution >= 0.6 is 11.6 Å². The van der Waals surface area contributed by atoms with E-state index in [1.807, 2.05) is 30.7 Å². The number of amides is 2. The Kier molecular flexibility index (Phi) is 7.83. The van der Waals surface area contributed by atoms with E-state index in [4.69, 9.17) is 16.3 Å². The van der Waals surface area contributed by atoms with Crippen molar-refractivity contribution in [2.75, 3.05) is 57.8 Å². The number of likely N-dealkylation sites (N-methyl/N-ethyl adjacent to an activating group) is 1. The van der Waals surface area contributed by atoms with Gasteiger partial charge in [0.1, 0.15) is 24.1 Å². The fraction of sp³-hybridized carbons (Fsp3) is 0.419. The Morgan fingerprint density at radius 2 is 1.93 bits per heavy atom. The van der Waals surface area contributed by atoms with Crippen LogP contribution in [0.5, 0.6) is 5.75 Å². The number of hydrogen-bond donors (Lipinski definition) is 0. The Hall–Kier alpha value is -4.03. The highest BCUT2D eigenvalue weighted by atomic mass is 35.5. The Morgan fingerprint density at radius 3 is 2.64 bits per heavy atom. The molecule has 4 heterocycles. The lowest BCUT2D eigenvalue weighted by Gasteiger charge is -2.45. The molecule has 10 nitrogen and oxygen atoms in total. The molecule has 0 aliphatic carbocycles. The predicted molar refractivity (Wildman–Crippen MR) is 163 cm³/mol. The van der Waals surface area contributed by atoms with Gasteiger partial charge in [0.25, 0.3) is 0 Å². The van der Waals surface area contributed by atoms with Gasteiger partial charge < -0.3 is 19.4 Å². The third kappa shape index (κ3) is 5.09. The Labute approximate surface area is 258 Å². The molecule has 0 spiro atoms. The minimum absolute atomic E-state index is 0.00852. The van der Waals surface area contributed by atoms with Crippen LogP contribution in [0.25, 0.3) is 22.0 Å². The first-order valence-electron chi connectivity index (χ1n) is 14.5. The summed E-state index contributed by atoms with van der Waals surface area (Å²) in [6.07, 6.45) is 1.28. The van der Waals surface area contributed by atoms with Crippen LogP contribution in [-0.2, 0) is 9.59 Å². The van der Waals surface area contributed by atoms with E-state index >= 15 is 4.39 Å². The summed E-state index contributed by atoms with van der Waals surface area (Å²) >= 11 is 6.84. The van der Waals surface area contributed by atoms with E-state index in [0.29, 0.717) is 42.9 Å². The van der Waals surface area contributed by atoms with Gasteiger partial charge >= 0.3 is 5.69 Å². The number of nitrogens with zero attached hydrogens (tertiary/aromatic N) is 6. The number of aromatic nitrogens is 2. The zero-order valence-corrected chi connectivity index (χ0v) is 25.5. The first-order valence-corrected chi connectivity index (χ1v) is 14.9. The summed E-state index contributed by atoms with van der Waals surface area (Å²) in [6.45, 7) is 9.90. The fourth-order valence-electron chi connectivity index (χ4n) is 6.48. The second-order valence-electron chi connectivity index (χ2n) is 11.8. The molecule has 2 fully saturated rings.